The molecule has 0 bridgehead atoms. The Kier molecular flexibility index (Phi) is 5.28. The molecule has 27 heavy (non-hydrogen) atoms. The van der Waals surface area contributed by atoms with E-state index in [1.807, 2.05) is 34.1 Å². The van der Waals surface area contributed by atoms with Crippen molar-refractivity contribution in [1.29, 1.82) is 0 Å². The Balaban J connectivity index is 1.44. The van der Waals surface area contributed by atoms with Crippen LogP contribution in [-0.4, -0.2) is 52.8 Å². The lowest BCUT2D eigenvalue weighted by atomic mass is 9.83. The number of aromatic amines is 1. The van der Waals surface area contributed by atoms with Crippen molar-refractivity contribution in [3.8, 4) is 0 Å². The lowest BCUT2D eigenvalue weighted by Gasteiger charge is -2.37. The number of H-pyrrole nitrogens is 1. The van der Waals surface area contributed by atoms with Gasteiger partial charge in [-0.3, -0.25) is 9.59 Å². The van der Waals surface area contributed by atoms with E-state index in [1.165, 1.54) is 12.8 Å². The minimum absolute atomic E-state index is 0.0162. The molecule has 2 aliphatic rings. The first-order valence-corrected chi connectivity index (χ1v) is 10.0. The number of hydrogen-bond donors (Lipinski definition) is 1. The van der Waals surface area contributed by atoms with E-state index >= 15 is 0 Å². The molecular weight excluding hydrogens is 338 g/mol. The molecule has 2 aromatic rings. The molecule has 4 rings (SSSR count). The average Bonchev–Trinajstić information content (AvgIpc) is 3.43. The highest BCUT2D eigenvalue weighted by molar-refractivity contribution is 5.92. The molecule has 1 atom stereocenters. The maximum absolute atomic E-state index is 13.4. The molecule has 1 N–H and O–H groups in total. The fraction of sp³-hybridized carbons (Fsp3) is 0.455. The molecule has 0 radical (unpaired) electrons. The molecule has 5 nitrogen and oxygen atoms in total. The highest BCUT2D eigenvalue weighted by Gasteiger charge is 2.36. The van der Waals surface area contributed by atoms with Crippen molar-refractivity contribution in [3.63, 3.8) is 0 Å². The van der Waals surface area contributed by atoms with Crippen LogP contribution in [0, 0.1) is 5.92 Å². The molecule has 0 unspecified atom stereocenters. The van der Waals surface area contributed by atoms with Gasteiger partial charge in [0.1, 0.15) is 5.69 Å². The summed E-state index contributed by atoms with van der Waals surface area (Å²) in [4.78, 5) is 32.7. The van der Waals surface area contributed by atoms with Crippen molar-refractivity contribution in [2.24, 2.45) is 5.92 Å². The van der Waals surface area contributed by atoms with Crippen molar-refractivity contribution >= 4 is 11.8 Å². The average molecular weight is 365 g/mol. The third-order valence-corrected chi connectivity index (χ3v) is 6.00. The number of aromatic nitrogens is 1. The summed E-state index contributed by atoms with van der Waals surface area (Å²) in [6.45, 7) is 2.41. The fourth-order valence-electron chi connectivity index (χ4n) is 4.53. The number of rotatable bonds is 4. The summed E-state index contributed by atoms with van der Waals surface area (Å²) >= 11 is 0. The van der Waals surface area contributed by atoms with Crippen LogP contribution in [-0.2, 0) is 4.79 Å². The predicted molar refractivity (Wildman–Crippen MR) is 104 cm³/mol. The Bertz CT molecular complexity index is 758. The quantitative estimate of drug-likeness (QED) is 0.904. The number of hydrogen-bond acceptors (Lipinski definition) is 2. The molecule has 5 heteroatoms. The Morgan fingerprint density at radius 1 is 0.889 bits per heavy atom. The smallest absolute Gasteiger partial charge is 0.270 e. The molecule has 1 aromatic heterocycles. The van der Waals surface area contributed by atoms with Gasteiger partial charge < -0.3 is 14.8 Å². The van der Waals surface area contributed by atoms with Gasteiger partial charge in [-0.1, -0.05) is 43.2 Å². The fourth-order valence-corrected chi connectivity index (χ4v) is 4.53. The summed E-state index contributed by atoms with van der Waals surface area (Å²) in [6.07, 6.45) is 6.48. The first-order chi connectivity index (χ1) is 13.2. The van der Waals surface area contributed by atoms with E-state index in [2.05, 4.69) is 17.1 Å². The van der Waals surface area contributed by atoms with Crippen LogP contribution < -0.4 is 0 Å². The van der Waals surface area contributed by atoms with E-state index in [0.717, 1.165) is 18.4 Å². The Morgan fingerprint density at radius 3 is 2.19 bits per heavy atom. The number of benzene rings is 1. The Hall–Kier alpha value is -2.56. The normalized spacial score (nSPS) is 19.3. The first kappa shape index (κ1) is 17.8. The van der Waals surface area contributed by atoms with Crippen molar-refractivity contribution in [1.82, 2.24) is 14.8 Å². The summed E-state index contributed by atoms with van der Waals surface area (Å²) in [5, 5.41) is 0. The van der Waals surface area contributed by atoms with Gasteiger partial charge >= 0.3 is 0 Å². The molecule has 1 aliphatic heterocycles. The maximum Gasteiger partial charge on any atom is 0.270 e. The van der Waals surface area contributed by atoms with Crippen LogP contribution in [0.1, 0.15) is 47.7 Å². The Labute approximate surface area is 160 Å². The number of piperazine rings is 1. The lowest BCUT2D eigenvalue weighted by Crippen LogP contribution is -2.52. The maximum atomic E-state index is 13.4. The summed E-state index contributed by atoms with van der Waals surface area (Å²) < 4.78 is 0. The second kappa shape index (κ2) is 7.99. The molecule has 2 amide bonds. The second-order valence-electron chi connectivity index (χ2n) is 7.63. The van der Waals surface area contributed by atoms with Gasteiger partial charge in [0.25, 0.3) is 5.91 Å². The molecule has 0 spiro atoms. The van der Waals surface area contributed by atoms with E-state index in [0.29, 0.717) is 37.8 Å². The molecule has 1 saturated heterocycles. The van der Waals surface area contributed by atoms with Crippen molar-refractivity contribution in [2.75, 3.05) is 26.2 Å². The van der Waals surface area contributed by atoms with E-state index < -0.39 is 0 Å². The molecule has 1 aliphatic carbocycles. The van der Waals surface area contributed by atoms with Gasteiger partial charge in [0, 0.05) is 32.4 Å². The van der Waals surface area contributed by atoms with Gasteiger partial charge in [-0.2, -0.15) is 0 Å². The number of nitrogens with one attached hydrogen (secondary N) is 1. The second-order valence-corrected chi connectivity index (χ2v) is 7.63. The molecule has 2 heterocycles. The van der Waals surface area contributed by atoms with Gasteiger partial charge in [-0.25, -0.2) is 0 Å². The van der Waals surface area contributed by atoms with Gasteiger partial charge in [-0.05, 0) is 36.5 Å². The Morgan fingerprint density at radius 2 is 1.56 bits per heavy atom. The first-order valence-electron chi connectivity index (χ1n) is 10.0. The zero-order chi connectivity index (χ0) is 18.6. The lowest BCUT2D eigenvalue weighted by molar-refractivity contribution is -0.135. The van der Waals surface area contributed by atoms with Crippen LogP contribution in [0.2, 0.25) is 0 Å². The van der Waals surface area contributed by atoms with Gasteiger partial charge in [0.05, 0.1) is 5.92 Å². The molecular formula is C22H27N3O2. The predicted octanol–water partition coefficient (Wildman–Crippen LogP) is 3.27. The van der Waals surface area contributed by atoms with Crippen LogP contribution in [0.5, 0.6) is 0 Å². The topological polar surface area (TPSA) is 56.4 Å². The zero-order valence-electron chi connectivity index (χ0n) is 15.6. The number of nitrogens with zero attached hydrogens (tertiary/aromatic N) is 2. The van der Waals surface area contributed by atoms with Crippen LogP contribution in [0.25, 0.3) is 0 Å². The van der Waals surface area contributed by atoms with Crippen LogP contribution in [0.3, 0.4) is 0 Å². The van der Waals surface area contributed by atoms with E-state index in [9.17, 15) is 9.59 Å². The van der Waals surface area contributed by atoms with E-state index in [1.54, 1.807) is 12.3 Å². The third kappa shape index (κ3) is 3.77. The summed E-state index contributed by atoms with van der Waals surface area (Å²) in [5.41, 5.74) is 1.75. The van der Waals surface area contributed by atoms with E-state index in [4.69, 9.17) is 0 Å². The van der Waals surface area contributed by atoms with Gasteiger partial charge in [0.2, 0.25) is 5.91 Å². The van der Waals surface area contributed by atoms with Gasteiger partial charge in [-0.15, -0.1) is 0 Å². The summed E-state index contributed by atoms with van der Waals surface area (Å²) in [5.74, 6) is 0.653. The highest BCUT2D eigenvalue weighted by atomic mass is 16.2. The molecule has 142 valence electrons. The minimum Gasteiger partial charge on any atom is -0.357 e. The van der Waals surface area contributed by atoms with Crippen LogP contribution >= 0.6 is 0 Å². The standard InChI is InChI=1S/C22H27N3O2/c26-21(19-11-6-12-23-19)24-13-15-25(16-14-24)22(27)20(18-9-4-5-10-18)17-7-2-1-3-8-17/h1-3,6-8,11-12,18,20,23H,4-5,9-10,13-16H2/t20-/m1/s1. The summed E-state index contributed by atoms with van der Waals surface area (Å²) in [6, 6.07) is 13.9. The van der Waals surface area contributed by atoms with Crippen LogP contribution in [0.15, 0.2) is 48.7 Å². The number of amides is 2. The molecule has 1 saturated carbocycles. The van der Waals surface area contributed by atoms with Gasteiger partial charge in [0.15, 0.2) is 0 Å². The minimum atomic E-state index is -0.0423. The zero-order valence-corrected chi connectivity index (χ0v) is 15.6. The van der Waals surface area contributed by atoms with Crippen molar-refractivity contribution < 1.29 is 9.59 Å². The summed E-state index contributed by atoms with van der Waals surface area (Å²) in [7, 11) is 0. The molecule has 1 aromatic carbocycles. The largest absolute Gasteiger partial charge is 0.357 e. The van der Waals surface area contributed by atoms with Crippen molar-refractivity contribution in [2.45, 2.75) is 31.6 Å². The number of carbonyl (C=O) groups excluding carboxylic acids is 2. The van der Waals surface area contributed by atoms with Crippen molar-refractivity contribution in [3.05, 3.63) is 59.9 Å². The third-order valence-electron chi connectivity index (χ3n) is 6.00. The SMILES string of the molecule is O=C(c1ccc[nH]1)N1CCN(C(=O)[C@H](c2ccccc2)C2CCCC2)CC1. The van der Waals surface area contributed by atoms with Crippen LogP contribution in [0.4, 0.5) is 0 Å². The number of carbonyl (C=O) groups is 2. The van der Waals surface area contributed by atoms with E-state index in [-0.39, 0.29) is 17.7 Å². The highest BCUT2D eigenvalue weighted by Crippen LogP contribution is 2.38. The molecule has 2 fully saturated rings. The monoisotopic (exact) mass is 365 g/mol.